The van der Waals surface area contributed by atoms with Gasteiger partial charge in [0.05, 0.1) is 19.1 Å². The van der Waals surface area contributed by atoms with Crippen molar-refractivity contribution in [3.05, 3.63) is 24.6 Å². The van der Waals surface area contributed by atoms with E-state index in [1.54, 1.807) is 45.3 Å². The molecule has 0 saturated carbocycles. The van der Waals surface area contributed by atoms with E-state index in [9.17, 15) is 9.59 Å². The van der Waals surface area contributed by atoms with E-state index in [4.69, 9.17) is 9.47 Å². The fourth-order valence-electron chi connectivity index (χ4n) is 1.68. The van der Waals surface area contributed by atoms with Crippen LogP contribution in [0.5, 0.6) is 0 Å². The Balaban J connectivity index is 2.73. The molecule has 0 atom stereocenters. The molecule has 0 aromatic carbocycles. The molecule has 0 unspecified atom stereocenters. The zero-order valence-electron chi connectivity index (χ0n) is 11.2. The highest BCUT2D eigenvalue weighted by molar-refractivity contribution is 5.77. The summed E-state index contributed by atoms with van der Waals surface area (Å²) in [5.74, 6) is -0.401. The highest BCUT2D eigenvalue weighted by Crippen LogP contribution is 2.32. The third kappa shape index (κ3) is 2.91. The largest absolute Gasteiger partial charge is 0.469 e. The monoisotopic (exact) mass is 253 g/mol. The maximum absolute atomic E-state index is 11.7. The molecule has 1 heterocycles. The lowest BCUT2D eigenvalue weighted by Gasteiger charge is -2.30. The topological polar surface area (TPSA) is 55.8 Å². The Kier molecular flexibility index (Phi) is 4.53. The lowest BCUT2D eigenvalue weighted by Crippen LogP contribution is -2.34. The average molecular weight is 253 g/mol. The summed E-state index contributed by atoms with van der Waals surface area (Å²) < 4.78 is 9.63. The molecule has 1 aliphatic heterocycles. The zero-order valence-corrected chi connectivity index (χ0v) is 11.2. The summed E-state index contributed by atoms with van der Waals surface area (Å²) in [5, 5.41) is 0. The minimum Gasteiger partial charge on any atom is -0.469 e. The van der Waals surface area contributed by atoms with Gasteiger partial charge in [0, 0.05) is 18.3 Å². The molecule has 100 valence electrons. The van der Waals surface area contributed by atoms with E-state index in [1.165, 1.54) is 12.0 Å². The van der Waals surface area contributed by atoms with Crippen molar-refractivity contribution in [2.45, 2.75) is 20.8 Å². The molecular formula is C13H19NO4. The minimum absolute atomic E-state index is 0.115. The fraction of sp³-hybridized carbons (Fsp3) is 0.538. The summed E-state index contributed by atoms with van der Waals surface area (Å²) in [7, 11) is 1.37. The van der Waals surface area contributed by atoms with Gasteiger partial charge in [0.25, 0.3) is 0 Å². The van der Waals surface area contributed by atoms with Gasteiger partial charge in [-0.05, 0) is 20.8 Å². The Hall–Kier alpha value is -1.78. The van der Waals surface area contributed by atoms with E-state index in [0.29, 0.717) is 6.61 Å². The number of carbonyl (C=O) groups excluding carboxylic acids is 2. The minimum atomic E-state index is -0.664. The third-order valence-electron chi connectivity index (χ3n) is 2.93. The number of ether oxygens (including phenoxy) is 2. The number of nitrogens with zero attached hydrogens (tertiary/aromatic N) is 1. The lowest BCUT2D eigenvalue weighted by atomic mass is 9.78. The first-order chi connectivity index (χ1) is 8.43. The molecule has 1 amide bonds. The van der Waals surface area contributed by atoms with Crippen LogP contribution in [0.25, 0.3) is 0 Å². The van der Waals surface area contributed by atoms with E-state index in [0.717, 1.165) is 0 Å². The summed E-state index contributed by atoms with van der Waals surface area (Å²) in [5.41, 5.74) is -0.664. The molecular weight excluding hydrogens is 234 g/mol. The van der Waals surface area contributed by atoms with Crippen molar-refractivity contribution in [1.82, 2.24) is 4.90 Å². The maximum atomic E-state index is 11.7. The molecule has 18 heavy (non-hydrogen) atoms. The van der Waals surface area contributed by atoms with Crippen LogP contribution < -0.4 is 0 Å². The molecule has 0 bridgehead atoms. The van der Waals surface area contributed by atoms with E-state index >= 15 is 0 Å². The number of esters is 1. The predicted molar refractivity (Wildman–Crippen MR) is 66.4 cm³/mol. The molecule has 0 N–H and O–H groups in total. The van der Waals surface area contributed by atoms with Crippen LogP contribution >= 0.6 is 0 Å². The normalized spacial score (nSPS) is 15.7. The van der Waals surface area contributed by atoms with Crippen LogP contribution in [0, 0.1) is 11.3 Å². The molecule has 0 radical (unpaired) electrons. The summed E-state index contributed by atoms with van der Waals surface area (Å²) in [4.78, 5) is 24.5. The van der Waals surface area contributed by atoms with Gasteiger partial charge in [0.15, 0.2) is 0 Å². The number of hydrogen-bond acceptors (Lipinski definition) is 4. The second kappa shape index (κ2) is 5.71. The Bertz CT molecular complexity index is 370. The van der Waals surface area contributed by atoms with E-state index < -0.39 is 11.5 Å². The van der Waals surface area contributed by atoms with Gasteiger partial charge in [-0.1, -0.05) is 12.2 Å². The van der Waals surface area contributed by atoms with Crippen LogP contribution in [0.15, 0.2) is 24.6 Å². The van der Waals surface area contributed by atoms with Crippen molar-refractivity contribution < 1.29 is 19.1 Å². The number of methoxy groups -OCH3 is 1. The van der Waals surface area contributed by atoms with Crippen LogP contribution in [-0.4, -0.2) is 30.7 Å². The SMILES string of the molecule is CCOC(=O)N1C=CC(C(C)(C)C(=O)OC)C=C1. The number of hydrogen-bond donors (Lipinski definition) is 0. The number of rotatable bonds is 3. The molecule has 5 heteroatoms. The molecule has 1 aliphatic rings. The maximum Gasteiger partial charge on any atom is 0.417 e. The summed E-state index contributed by atoms with van der Waals surface area (Å²) >= 11 is 0. The van der Waals surface area contributed by atoms with Crippen LogP contribution in [0.1, 0.15) is 20.8 Å². The first-order valence-corrected chi connectivity index (χ1v) is 5.83. The second-order valence-electron chi connectivity index (χ2n) is 4.53. The van der Waals surface area contributed by atoms with Gasteiger partial charge in [0.1, 0.15) is 0 Å². The molecule has 5 nitrogen and oxygen atoms in total. The second-order valence-corrected chi connectivity index (χ2v) is 4.53. The fourth-order valence-corrected chi connectivity index (χ4v) is 1.68. The Morgan fingerprint density at radius 2 is 1.83 bits per heavy atom. The third-order valence-corrected chi connectivity index (χ3v) is 2.93. The first kappa shape index (κ1) is 14.3. The van der Waals surface area contributed by atoms with E-state index in [1.807, 2.05) is 0 Å². The quantitative estimate of drug-likeness (QED) is 0.724. The van der Waals surface area contributed by atoms with E-state index in [2.05, 4.69) is 0 Å². The van der Waals surface area contributed by atoms with Gasteiger partial charge in [-0.25, -0.2) is 4.79 Å². The zero-order chi connectivity index (χ0) is 13.8. The summed E-state index contributed by atoms with van der Waals surface area (Å²) in [6.07, 6.45) is 6.35. The molecule has 0 aromatic rings. The average Bonchev–Trinajstić information content (AvgIpc) is 2.38. The number of allylic oxidation sites excluding steroid dienone is 2. The number of amides is 1. The predicted octanol–water partition coefficient (Wildman–Crippen LogP) is 2.30. The molecule has 0 aliphatic carbocycles. The van der Waals surface area contributed by atoms with Crippen LogP contribution in [0.2, 0.25) is 0 Å². The highest BCUT2D eigenvalue weighted by atomic mass is 16.6. The van der Waals surface area contributed by atoms with E-state index in [-0.39, 0.29) is 11.9 Å². The highest BCUT2D eigenvalue weighted by Gasteiger charge is 2.36. The van der Waals surface area contributed by atoms with Crippen molar-refractivity contribution in [1.29, 1.82) is 0 Å². The Morgan fingerprint density at radius 1 is 1.28 bits per heavy atom. The summed E-state index contributed by atoms with van der Waals surface area (Å²) in [6.45, 7) is 5.68. The van der Waals surface area contributed by atoms with Crippen molar-refractivity contribution in [2.24, 2.45) is 11.3 Å². The molecule has 1 rings (SSSR count). The molecule has 0 fully saturated rings. The molecule has 0 aromatic heterocycles. The first-order valence-electron chi connectivity index (χ1n) is 5.83. The van der Waals surface area contributed by atoms with Gasteiger partial charge < -0.3 is 9.47 Å². The van der Waals surface area contributed by atoms with Crippen LogP contribution in [-0.2, 0) is 14.3 Å². The molecule has 0 saturated heterocycles. The van der Waals surface area contributed by atoms with Crippen molar-refractivity contribution >= 4 is 12.1 Å². The number of carbonyl (C=O) groups is 2. The van der Waals surface area contributed by atoms with Gasteiger partial charge >= 0.3 is 12.1 Å². The van der Waals surface area contributed by atoms with Crippen molar-refractivity contribution in [3.63, 3.8) is 0 Å². The van der Waals surface area contributed by atoms with Gasteiger partial charge in [-0.2, -0.15) is 0 Å². The van der Waals surface area contributed by atoms with Crippen molar-refractivity contribution in [2.75, 3.05) is 13.7 Å². The smallest absolute Gasteiger partial charge is 0.417 e. The van der Waals surface area contributed by atoms with Crippen LogP contribution in [0.4, 0.5) is 4.79 Å². The van der Waals surface area contributed by atoms with Gasteiger partial charge in [-0.3, -0.25) is 9.69 Å². The lowest BCUT2D eigenvalue weighted by molar-refractivity contribution is -0.152. The standard InChI is InChI=1S/C13H19NO4/c1-5-18-12(16)14-8-6-10(7-9-14)13(2,3)11(15)17-4/h6-10H,5H2,1-4H3. The molecule has 0 spiro atoms. The van der Waals surface area contributed by atoms with Crippen LogP contribution in [0.3, 0.4) is 0 Å². The van der Waals surface area contributed by atoms with Gasteiger partial charge in [-0.15, -0.1) is 0 Å². The van der Waals surface area contributed by atoms with Crippen molar-refractivity contribution in [3.8, 4) is 0 Å². The summed E-state index contributed by atoms with van der Waals surface area (Å²) in [6, 6.07) is 0. The van der Waals surface area contributed by atoms with Gasteiger partial charge in [0.2, 0.25) is 0 Å². The Labute approximate surface area is 107 Å². The Morgan fingerprint density at radius 3 is 2.28 bits per heavy atom.